The van der Waals surface area contributed by atoms with E-state index in [1.54, 1.807) is 0 Å². The smallest absolute Gasteiger partial charge is 0.228 e. The molecule has 10 heteroatoms. The van der Waals surface area contributed by atoms with E-state index in [0.29, 0.717) is 6.08 Å². The summed E-state index contributed by atoms with van der Waals surface area (Å²) in [7, 11) is -3.75. The molecule has 0 heterocycles. The van der Waals surface area contributed by atoms with Gasteiger partial charge in [-0.1, -0.05) is 18.5 Å². The standard InChI is InChI=1S/C8H8Cl2F2O4S2/c1-2-17(13,14)7-3-5(11)6(12)4-8(7,9)18(10,15)16/h3-4,7H,2H2,1H3. The van der Waals surface area contributed by atoms with Crippen LogP contribution in [-0.2, 0) is 18.9 Å². The molecule has 0 fully saturated rings. The lowest BCUT2D eigenvalue weighted by Crippen LogP contribution is -2.46. The Morgan fingerprint density at radius 1 is 1.28 bits per heavy atom. The minimum atomic E-state index is -4.69. The fourth-order valence-corrected chi connectivity index (χ4v) is 5.19. The van der Waals surface area contributed by atoms with Crippen LogP contribution in [0.3, 0.4) is 0 Å². The van der Waals surface area contributed by atoms with E-state index in [9.17, 15) is 25.6 Å². The molecule has 0 saturated carbocycles. The van der Waals surface area contributed by atoms with Gasteiger partial charge in [0.2, 0.25) is 4.21 Å². The molecule has 1 aliphatic rings. The second-order valence-electron chi connectivity index (χ2n) is 3.51. The van der Waals surface area contributed by atoms with Crippen LogP contribution < -0.4 is 0 Å². The molecule has 0 amide bonds. The van der Waals surface area contributed by atoms with Gasteiger partial charge in [0.15, 0.2) is 21.5 Å². The number of rotatable bonds is 3. The summed E-state index contributed by atoms with van der Waals surface area (Å²) in [6.45, 7) is 1.22. The Hall–Kier alpha value is -0.180. The Morgan fingerprint density at radius 2 is 1.78 bits per heavy atom. The maximum atomic E-state index is 13.1. The average Bonchev–Trinajstić information content (AvgIpc) is 2.21. The van der Waals surface area contributed by atoms with E-state index in [2.05, 4.69) is 0 Å². The molecule has 0 aliphatic heterocycles. The Bertz CT molecular complexity index is 623. The lowest BCUT2D eigenvalue weighted by atomic mass is 10.1. The molecule has 1 aliphatic carbocycles. The average molecular weight is 341 g/mol. The van der Waals surface area contributed by atoms with Gasteiger partial charge in [-0.15, -0.1) is 0 Å². The van der Waals surface area contributed by atoms with Gasteiger partial charge in [0.1, 0.15) is 5.25 Å². The summed E-state index contributed by atoms with van der Waals surface area (Å²) in [6, 6.07) is 0. The van der Waals surface area contributed by atoms with Gasteiger partial charge >= 0.3 is 0 Å². The fraction of sp³-hybridized carbons (Fsp3) is 0.500. The first-order valence-electron chi connectivity index (χ1n) is 4.56. The molecule has 0 aromatic heterocycles. The van der Waals surface area contributed by atoms with Gasteiger partial charge in [-0.25, -0.2) is 25.6 Å². The van der Waals surface area contributed by atoms with Gasteiger partial charge in [-0.05, 0) is 12.2 Å². The molecule has 18 heavy (non-hydrogen) atoms. The van der Waals surface area contributed by atoms with E-state index in [1.807, 2.05) is 0 Å². The van der Waals surface area contributed by atoms with Crippen LogP contribution in [0.4, 0.5) is 8.78 Å². The molecule has 0 aromatic carbocycles. The second-order valence-corrected chi connectivity index (χ2v) is 9.55. The van der Waals surface area contributed by atoms with Crippen molar-refractivity contribution in [3.05, 3.63) is 23.8 Å². The zero-order valence-electron chi connectivity index (χ0n) is 8.90. The van der Waals surface area contributed by atoms with Crippen LogP contribution in [0.1, 0.15) is 6.92 Å². The van der Waals surface area contributed by atoms with Crippen LogP contribution in [0.2, 0.25) is 0 Å². The summed E-state index contributed by atoms with van der Waals surface area (Å²) in [5.41, 5.74) is 0. The summed E-state index contributed by atoms with van der Waals surface area (Å²) in [5.74, 6) is -3.57. The van der Waals surface area contributed by atoms with Crippen LogP contribution in [0.5, 0.6) is 0 Å². The summed E-state index contributed by atoms with van der Waals surface area (Å²) in [5, 5.41) is -1.99. The summed E-state index contributed by atoms with van der Waals surface area (Å²) < 4.78 is 69.5. The molecule has 0 N–H and O–H groups in total. The monoisotopic (exact) mass is 340 g/mol. The highest BCUT2D eigenvalue weighted by atomic mass is 35.7. The third-order valence-corrected chi connectivity index (χ3v) is 7.84. The zero-order chi connectivity index (χ0) is 14.4. The highest BCUT2D eigenvalue weighted by molar-refractivity contribution is 8.16. The number of halogens is 4. The molecule has 0 spiro atoms. The fourth-order valence-electron chi connectivity index (χ4n) is 1.39. The predicted molar refractivity (Wildman–Crippen MR) is 65.0 cm³/mol. The topological polar surface area (TPSA) is 68.3 Å². The van der Waals surface area contributed by atoms with Crippen molar-refractivity contribution in [3.63, 3.8) is 0 Å². The highest BCUT2D eigenvalue weighted by Gasteiger charge is 2.54. The first kappa shape index (κ1) is 15.9. The lowest BCUT2D eigenvalue weighted by molar-refractivity contribution is 0.517. The molecule has 0 radical (unpaired) electrons. The van der Waals surface area contributed by atoms with Crippen molar-refractivity contribution in [2.45, 2.75) is 16.4 Å². The quantitative estimate of drug-likeness (QED) is 0.582. The number of sulfone groups is 1. The summed E-state index contributed by atoms with van der Waals surface area (Å²) in [6.07, 6.45) is 0.463. The molecule has 4 nitrogen and oxygen atoms in total. The highest BCUT2D eigenvalue weighted by Crippen LogP contribution is 2.42. The van der Waals surface area contributed by atoms with Gasteiger partial charge in [-0.2, -0.15) is 0 Å². The van der Waals surface area contributed by atoms with Crippen LogP contribution in [0.15, 0.2) is 23.8 Å². The first-order chi connectivity index (χ1) is 7.95. The SMILES string of the molecule is CCS(=O)(=O)C1C=C(F)C(F)=CC1(Cl)S(=O)(=O)Cl. The van der Waals surface area contributed by atoms with Crippen molar-refractivity contribution in [2.24, 2.45) is 0 Å². The molecular formula is C8H8Cl2F2O4S2. The van der Waals surface area contributed by atoms with E-state index < -0.39 is 45.8 Å². The van der Waals surface area contributed by atoms with E-state index >= 15 is 0 Å². The van der Waals surface area contributed by atoms with Crippen molar-refractivity contribution in [1.29, 1.82) is 0 Å². The van der Waals surface area contributed by atoms with Crippen LogP contribution in [0.25, 0.3) is 0 Å². The van der Waals surface area contributed by atoms with Crippen molar-refractivity contribution >= 4 is 41.2 Å². The Balaban J connectivity index is 3.59. The van der Waals surface area contributed by atoms with Crippen LogP contribution >= 0.6 is 22.3 Å². The van der Waals surface area contributed by atoms with E-state index in [0.717, 1.165) is 0 Å². The third-order valence-electron chi connectivity index (χ3n) is 2.40. The maximum absolute atomic E-state index is 13.1. The van der Waals surface area contributed by atoms with Gasteiger partial charge in [0, 0.05) is 16.4 Å². The van der Waals surface area contributed by atoms with E-state index in [-0.39, 0.29) is 6.08 Å². The largest absolute Gasteiger partial charge is 0.257 e. The Morgan fingerprint density at radius 3 is 2.17 bits per heavy atom. The minimum Gasteiger partial charge on any atom is -0.228 e. The number of hydrogen-bond donors (Lipinski definition) is 0. The van der Waals surface area contributed by atoms with Gasteiger partial charge in [-0.3, -0.25) is 0 Å². The Labute approximate surface area is 113 Å². The van der Waals surface area contributed by atoms with Crippen LogP contribution in [-0.4, -0.2) is 32.0 Å². The van der Waals surface area contributed by atoms with Gasteiger partial charge in [0.05, 0.1) is 0 Å². The number of allylic oxidation sites excluding steroid dienone is 2. The van der Waals surface area contributed by atoms with Crippen molar-refractivity contribution in [3.8, 4) is 0 Å². The lowest BCUT2D eigenvalue weighted by Gasteiger charge is -2.29. The Kier molecular flexibility index (Phi) is 4.18. The summed E-state index contributed by atoms with van der Waals surface area (Å²) in [4.78, 5) is 0. The molecule has 2 unspecified atom stereocenters. The van der Waals surface area contributed by atoms with Crippen molar-refractivity contribution in [1.82, 2.24) is 0 Å². The molecule has 2 atom stereocenters. The van der Waals surface area contributed by atoms with Crippen molar-refractivity contribution in [2.75, 3.05) is 5.75 Å². The van der Waals surface area contributed by atoms with Crippen molar-refractivity contribution < 1.29 is 25.6 Å². The van der Waals surface area contributed by atoms with Crippen LogP contribution in [0, 0.1) is 0 Å². The first-order valence-corrected chi connectivity index (χ1v) is 8.96. The summed E-state index contributed by atoms with van der Waals surface area (Å²) >= 11 is 5.61. The maximum Gasteiger partial charge on any atom is 0.257 e. The van der Waals surface area contributed by atoms with E-state index in [1.165, 1.54) is 6.92 Å². The molecule has 1 rings (SSSR count). The third kappa shape index (κ3) is 2.56. The molecule has 104 valence electrons. The molecule has 0 bridgehead atoms. The van der Waals surface area contributed by atoms with Gasteiger partial charge < -0.3 is 0 Å². The normalized spacial score (nSPS) is 29.7. The molecular weight excluding hydrogens is 333 g/mol. The number of hydrogen-bond acceptors (Lipinski definition) is 4. The van der Waals surface area contributed by atoms with Gasteiger partial charge in [0.25, 0.3) is 9.05 Å². The zero-order valence-corrected chi connectivity index (χ0v) is 12.0. The minimum absolute atomic E-state index is 0.157. The molecule has 0 aromatic rings. The number of alkyl halides is 1. The predicted octanol–water partition coefficient (Wildman–Crippen LogP) is 2.01. The second kappa shape index (κ2) is 4.73. The van der Waals surface area contributed by atoms with E-state index in [4.69, 9.17) is 22.3 Å². The molecule has 0 saturated heterocycles.